The highest BCUT2D eigenvalue weighted by atomic mass is 16.5. The van der Waals surface area contributed by atoms with Gasteiger partial charge in [-0.25, -0.2) is 0 Å². The van der Waals surface area contributed by atoms with Crippen molar-refractivity contribution < 1.29 is 4.74 Å². The van der Waals surface area contributed by atoms with Crippen LogP contribution in [-0.4, -0.2) is 25.8 Å². The molecule has 1 aliphatic carbocycles. The Balaban J connectivity index is 1.95. The third-order valence-corrected chi connectivity index (χ3v) is 3.60. The molecule has 1 aliphatic heterocycles. The van der Waals surface area contributed by atoms with Crippen LogP contribution in [-0.2, 0) is 4.74 Å². The van der Waals surface area contributed by atoms with E-state index in [1.807, 2.05) is 7.11 Å². The zero-order valence-electron chi connectivity index (χ0n) is 7.94. The van der Waals surface area contributed by atoms with E-state index in [9.17, 15) is 0 Å². The van der Waals surface area contributed by atoms with Crippen molar-refractivity contribution in [1.29, 1.82) is 0 Å². The molecule has 0 aromatic heterocycles. The molecule has 0 spiro atoms. The van der Waals surface area contributed by atoms with E-state index in [0.29, 0.717) is 0 Å². The van der Waals surface area contributed by atoms with E-state index in [0.717, 1.165) is 19.0 Å². The Hall–Kier alpha value is -0.0800. The molecule has 2 fully saturated rings. The summed E-state index contributed by atoms with van der Waals surface area (Å²) in [6, 6.07) is 0. The van der Waals surface area contributed by atoms with Crippen molar-refractivity contribution in [1.82, 2.24) is 5.32 Å². The summed E-state index contributed by atoms with van der Waals surface area (Å²) in [6.45, 7) is 2.16. The van der Waals surface area contributed by atoms with Gasteiger partial charge in [0, 0.05) is 20.2 Å². The fraction of sp³-hybridized carbons (Fsp3) is 1.00. The second-order valence-corrected chi connectivity index (χ2v) is 4.21. The van der Waals surface area contributed by atoms with Gasteiger partial charge < -0.3 is 10.1 Å². The van der Waals surface area contributed by atoms with E-state index in [1.165, 1.54) is 32.1 Å². The molecular formula is C10H19NO. The number of ether oxygens (including phenoxy) is 1. The second kappa shape index (κ2) is 3.35. The lowest BCUT2D eigenvalue weighted by atomic mass is 9.73. The topological polar surface area (TPSA) is 21.3 Å². The molecule has 1 saturated heterocycles. The Morgan fingerprint density at radius 1 is 1.17 bits per heavy atom. The van der Waals surface area contributed by atoms with E-state index in [4.69, 9.17) is 4.74 Å². The lowest BCUT2D eigenvalue weighted by Crippen LogP contribution is -2.64. The average Bonchev–Trinajstić information content (AvgIpc) is 2.05. The number of hydrogen-bond acceptors (Lipinski definition) is 2. The van der Waals surface area contributed by atoms with Crippen molar-refractivity contribution in [3.05, 3.63) is 0 Å². The maximum Gasteiger partial charge on any atom is 0.0953 e. The number of methoxy groups -OCH3 is 1. The molecule has 70 valence electrons. The summed E-state index contributed by atoms with van der Waals surface area (Å²) in [7, 11) is 1.87. The van der Waals surface area contributed by atoms with Crippen LogP contribution in [0.3, 0.4) is 0 Å². The molecule has 2 aliphatic rings. The SMILES string of the molecule is COC1(C2CCCCC2)CNC1. The summed E-state index contributed by atoms with van der Waals surface area (Å²) in [5.74, 6) is 0.831. The van der Waals surface area contributed by atoms with Crippen LogP contribution in [0.5, 0.6) is 0 Å². The number of hydrogen-bond donors (Lipinski definition) is 1. The van der Waals surface area contributed by atoms with Crippen molar-refractivity contribution in [2.75, 3.05) is 20.2 Å². The van der Waals surface area contributed by atoms with Gasteiger partial charge in [0.1, 0.15) is 0 Å². The van der Waals surface area contributed by atoms with Gasteiger partial charge in [0.05, 0.1) is 5.60 Å². The predicted octanol–water partition coefficient (Wildman–Crippen LogP) is 1.56. The fourth-order valence-electron chi connectivity index (χ4n) is 2.60. The second-order valence-electron chi connectivity index (χ2n) is 4.21. The molecular weight excluding hydrogens is 150 g/mol. The van der Waals surface area contributed by atoms with Crippen LogP contribution < -0.4 is 5.32 Å². The highest BCUT2D eigenvalue weighted by Crippen LogP contribution is 2.36. The Morgan fingerprint density at radius 3 is 2.25 bits per heavy atom. The first-order valence-electron chi connectivity index (χ1n) is 5.13. The summed E-state index contributed by atoms with van der Waals surface area (Å²) in [6.07, 6.45) is 7.03. The highest BCUT2D eigenvalue weighted by molar-refractivity contribution is 5.00. The summed E-state index contributed by atoms with van der Waals surface area (Å²) in [4.78, 5) is 0. The third kappa shape index (κ3) is 1.27. The van der Waals surface area contributed by atoms with Crippen LogP contribution in [0.4, 0.5) is 0 Å². The van der Waals surface area contributed by atoms with Crippen molar-refractivity contribution >= 4 is 0 Å². The van der Waals surface area contributed by atoms with Crippen LogP contribution in [0.1, 0.15) is 32.1 Å². The van der Waals surface area contributed by atoms with Crippen LogP contribution in [0, 0.1) is 5.92 Å². The summed E-state index contributed by atoms with van der Waals surface area (Å²) < 4.78 is 5.65. The first-order chi connectivity index (χ1) is 5.87. The van der Waals surface area contributed by atoms with Gasteiger partial charge in [-0.3, -0.25) is 0 Å². The van der Waals surface area contributed by atoms with Crippen LogP contribution in [0.2, 0.25) is 0 Å². The molecule has 1 saturated carbocycles. The number of nitrogens with one attached hydrogen (secondary N) is 1. The van der Waals surface area contributed by atoms with Gasteiger partial charge in [-0.2, -0.15) is 0 Å². The molecule has 12 heavy (non-hydrogen) atoms. The Morgan fingerprint density at radius 2 is 1.83 bits per heavy atom. The molecule has 0 aromatic rings. The molecule has 0 aromatic carbocycles. The van der Waals surface area contributed by atoms with Crippen molar-refractivity contribution in [2.24, 2.45) is 5.92 Å². The van der Waals surface area contributed by atoms with Crippen molar-refractivity contribution in [3.63, 3.8) is 0 Å². The van der Waals surface area contributed by atoms with E-state index in [2.05, 4.69) is 5.32 Å². The third-order valence-electron chi connectivity index (χ3n) is 3.60. The normalized spacial score (nSPS) is 29.8. The van der Waals surface area contributed by atoms with E-state index >= 15 is 0 Å². The summed E-state index contributed by atoms with van der Waals surface area (Å²) >= 11 is 0. The highest BCUT2D eigenvalue weighted by Gasteiger charge is 2.44. The molecule has 0 amide bonds. The minimum Gasteiger partial charge on any atom is -0.375 e. The zero-order chi connectivity index (χ0) is 8.44. The monoisotopic (exact) mass is 169 g/mol. The molecule has 2 heteroatoms. The molecule has 0 atom stereocenters. The average molecular weight is 169 g/mol. The molecule has 0 bridgehead atoms. The van der Waals surface area contributed by atoms with Gasteiger partial charge in [-0.15, -0.1) is 0 Å². The standard InChI is InChI=1S/C10H19NO/c1-12-10(7-11-8-10)9-5-3-2-4-6-9/h9,11H,2-8H2,1H3. The fourth-order valence-corrected chi connectivity index (χ4v) is 2.60. The molecule has 1 N–H and O–H groups in total. The zero-order valence-corrected chi connectivity index (χ0v) is 7.94. The van der Waals surface area contributed by atoms with Crippen LogP contribution in [0.25, 0.3) is 0 Å². The van der Waals surface area contributed by atoms with Crippen molar-refractivity contribution in [3.8, 4) is 0 Å². The van der Waals surface area contributed by atoms with Crippen molar-refractivity contribution in [2.45, 2.75) is 37.7 Å². The summed E-state index contributed by atoms with van der Waals surface area (Å²) in [5.41, 5.74) is 0.223. The van der Waals surface area contributed by atoms with Crippen LogP contribution >= 0.6 is 0 Å². The van der Waals surface area contributed by atoms with Gasteiger partial charge in [0.25, 0.3) is 0 Å². The van der Waals surface area contributed by atoms with Gasteiger partial charge >= 0.3 is 0 Å². The first kappa shape index (κ1) is 8.52. The van der Waals surface area contributed by atoms with Gasteiger partial charge in [-0.05, 0) is 18.8 Å². The number of rotatable bonds is 2. The molecule has 0 radical (unpaired) electrons. The molecule has 1 heterocycles. The van der Waals surface area contributed by atoms with E-state index in [1.54, 1.807) is 0 Å². The predicted molar refractivity (Wildman–Crippen MR) is 49.2 cm³/mol. The minimum atomic E-state index is 0.223. The maximum absolute atomic E-state index is 5.65. The first-order valence-corrected chi connectivity index (χ1v) is 5.13. The molecule has 0 unspecified atom stereocenters. The summed E-state index contributed by atoms with van der Waals surface area (Å²) in [5, 5.41) is 3.33. The smallest absolute Gasteiger partial charge is 0.0953 e. The van der Waals surface area contributed by atoms with Gasteiger partial charge in [0.2, 0.25) is 0 Å². The van der Waals surface area contributed by atoms with E-state index in [-0.39, 0.29) is 5.60 Å². The van der Waals surface area contributed by atoms with Crippen LogP contribution in [0.15, 0.2) is 0 Å². The maximum atomic E-state index is 5.65. The van der Waals surface area contributed by atoms with Gasteiger partial charge in [-0.1, -0.05) is 19.3 Å². The quantitative estimate of drug-likeness (QED) is 0.677. The lowest BCUT2D eigenvalue weighted by Gasteiger charge is -2.48. The molecule has 2 rings (SSSR count). The van der Waals surface area contributed by atoms with Gasteiger partial charge in [0.15, 0.2) is 0 Å². The van der Waals surface area contributed by atoms with E-state index < -0.39 is 0 Å². The minimum absolute atomic E-state index is 0.223. The lowest BCUT2D eigenvalue weighted by molar-refractivity contribution is -0.104. The Bertz CT molecular complexity index is 142. The Kier molecular flexibility index (Phi) is 2.37. The largest absolute Gasteiger partial charge is 0.375 e. The molecule has 2 nitrogen and oxygen atoms in total. The Labute approximate surface area is 74.7 Å².